The van der Waals surface area contributed by atoms with Crippen molar-refractivity contribution in [1.82, 2.24) is 30.4 Å². The summed E-state index contributed by atoms with van der Waals surface area (Å²) in [7, 11) is 0. The van der Waals surface area contributed by atoms with Gasteiger partial charge in [-0.3, -0.25) is 0 Å². The van der Waals surface area contributed by atoms with Crippen molar-refractivity contribution in [2.45, 2.75) is 62.9 Å². The van der Waals surface area contributed by atoms with Crippen LogP contribution in [0.1, 0.15) is 62.3 Å². The van der Waals surface area contributed by atoms with E-state index in [1.807, 2.05) is 0 Å². The molecule has 0 amide bonds. The first-order valence-corrected chi connectivity index (χ1v) is 12.6. The van der Waals surface area contributed by atoms with Crippen LogP contribution in [0.5, 0.6) is 0 Å². The molecule has 2 atom stereocenters. The number of aliphatic hydroxyl groups is 1. The van der Waals surface area contributed by atoms with Crippen LogP contribution in [0, 0.1) is 11.8 Å². The van der Waals surface area contributed by atoms with Crippen molar-refractivity contribution in [1.29, 1.82) is 0 Å². The van der Waals surface area contributed by atoms with Gasteiger partial charge in [0, 0.05) is 51.6 Å². The number of piperidine rings is 1. The lowest BCUT2D eigenvalue weighted by Crippen LogP contribution is -2.47. The molecule has 1 saturated carbocycles. The number of aromatic nitrogens is 4. The number of hydrogen-bond donors (Lipinski definition) is 2. The van der Waals surface area contributed by atoms with Gasteiger partial charge >= 0.3 is 0 Å². The van der Waals surface area contributed by atoms with Crippen molar-refractivity contribution < 1.29 is 5.11 Å². The third-order valence-corrected chi connectivity index (χ3v) is 8.14. The lowest BCUT2D eigenvalue weighted by atomic mass is 9.85. The molecule has 0 unspecified atom stereocenters. The van der Waals surface area contributed by atoms with Gasteiger partial charge in [-0.2, -0.15) is 5.21 Å². The summed E-state index contributed by atoms with van der Waals surface area (Å²) in [4.78, 5) is 5.34. The van der Waals surface area contributed by atoms with Crippen LogP contribution in [0.2, 0.25) is 0 Å². The summed E-state index contributed by atoms with van der Waals surface area (Å²) < 4.78 is 0. The monoisotopic (exact) mass is 438 g/mol. The Kier molecular flexibility index (Phi) is 6.85. The van der Waals surface area contributed by atoms with E-state index in [4.69, 9.17) is 0 Å². The van der Waals surface area contributed by atoms with Gasteiger partial charge in [-0.1, -0.05) is 54.8 Å². The number of nitrogens with one attached hydrogen (secondary N) is 1. The quantitative estimate of drug-likeness (QED) is 0.692. The first kappa shape index (κ1) is 22.0. The van der Waals surface area contributed by atoms with E-state index in [9.17, 15) is 5.11 Å². The van der Waals surface area contributed by atoms with Crippen molar-refractivity contribution in [3.05, 3.63) is 41.7 Å². The molecule has 3 fully saturated rings. The largest absolute Gasteiger partial charge is 0.389 e. The highest BCUT2D eigenvalue weighted by molar-refractivity contribution is 5.22. The summed E-state index contributed by atoms with van der Waals surface area (Å²) >= 11 is 0. The first-order valence-electron chi connectivity index (χ1n) is 12.6. The van der Waals surface area contributed by atoms with E-state index >= 15 is 0 Å². The fraction of sp³-hybridized carbons (Fsp3) is 0.720. The molecule has 2 aromatic rings. The fourth-order valence-electron chi connectivity index (χ4n) is 6.32. The maximum Gasteiger partial charge on any atom is 0.177 e. The number of rotatable bonds is 7. The Morgan fingerprint density at radius 1 is 0.969 bits per heavy atom. The highest BCUT2D eigenvalue weighted by atomic mass is 16.3. The summed E-state index contributed by atoms with van der Waals surface area (Å²) in [5.41, 5.74) is 0.788. The van der Waals surface area contributed by atoms with Crippen LogP contribution in [0.15, 0.2) is 30.3 Å². The highest BCUT2D eigenvalue weighted by Crippen LogP contribution is 2.36. The molecule has 3 heterocycles. The van der Waals surface area contributed by atoms with Crippen molar-refractivity contribution in [3.63, 3.8) is 0 Å². The zero-order chi connectivity index (χ0) is 21.8. The van der Waals surface area contributed by atoms with Crippen molar-refractivity contribution in [2.24, 2.45) is 11.8 Å². The molecule has 0 radical (unpaired) electrons. The van der Waals surface area contributed by atoms with Gasteiger partial charge in [0.15, 0.2) is 5.82 Å². The molecule has 174 valence electrons. The molecule has 2 N–H and O–H groups in total. The third-order valence-electron chi connectivity index (χ3n) is 8.14. The zero-order valence-electron chi connectivity index (χ0n) is 19.2. The summed E-state index contributed by atoms with van der Waals surface area (Å²) in [5.74, 6) is 2.78. The number of likely N-dealkylation sites (tertiary alicyclic amines) is 2. The lowest BCUT2D eigenvalue weighted by molar-refractivity contribution is -0.0250. The van der Waals surface area contributed by atoms with Crippen molar-refractivity contribution in [2.75, 3.05) is 39.3 Å². The smallest absolute Gasteiger partial charge is 0.177 e. The molecule has 0 bridgehead atoms. The van der Waals surface area contributed by atoms with Crippen LogP contribution in [-0.4, -0.2) is 80.4 Å². The van der Waals surface area contributed by atoms with Crippen molar-refractivity contribution >= 4 is 0 Å². The van der Waals surface area contributed by atoms with Gasteiger partial charge in [0.05, 0.1) is 5.60 Å². The molecule has 0 spiro atoms. The Labute approximate surface area is 191 Å². The molecule has 1 aliphatic carbocycles. The van der Waals surface area contributed by atoms with Crippen LogP contribution in [0.3, 0.4) is 0 Å². The van der Waals surface area contributed by atoms with Crippen LogP contribution < -0.4 is 0 Å². The Bertz CT molecular complexity index is 814. The summed E-state index contributed by atoms with van der Waals surface area (Å²) in [6.07, 6.45) is 9.15. The topological polar surface area (TPSA) is 81.2 Å². The predicted octanol–water partition coefficient (Wildman–Crippen LogP) is 2.87. The third kappa shape index (κ3) is 5.38. The summed E-state index contributed by atoms with van der Waals surface area (Å²) in [6.45, 7) is 6.69. The van der Waals surface area contributed by atoms with E-state index in [1.54, 1.807) is 0 Å². The second-order valence-corrected chi connectivity index (χ2v) is 10.5. The zero-order valence-corrected chi connectivity index (χ0v) is 19.2. The number of tetrazole rings is 1. The molecule has 2 saturated heterocycles. The SMILES string of the molecule is OC1(Cc2nn[nH]n2)CCN(C[C@H]2CN(CC3CCCCC3)C[C@@H]2c2ccccc2)CC1. The Hall–Kier alpha value is -1.83. The fourth-order valence-corrected chi connectivity index (χ4v) is 6.32. The predicted molar refractivity (Wildman–Crippen MR) is 124 cm³/mol. The van der Waals surface area contributed by atoms with Gasteiger partial charge < -0.3 is 14.9 Å². The minimum absolute atomic E-state index is 0.489. The number of nitrogens with zero attached hydrogens (tertiary/aromatic N) is 5. The van der Waals surface area contributed by atoms with Crippen LogP contribution in [0.4, 0.5) is 0 Å². The van der Waals surface area contributed by atoms with E-state index in [2.05, 4.69) is 60.8 Å². The maximum absolute atomic E-state index is 11.0. The van der Waals surface area contributed by atoms with E-state index in [0.717, 1.165) is 38.4 Å². The molecule has 1 aromatic heterocycles. The van der Waals surface area contributed by atoms with E-state index < -0.39 is 5.60 Å². The van der Waals surface area contributed by atoms with Gasteiger partial charge in [-0.15, -0.1) is 10.2 Å². The number of hydrogen-bond acceptors (Lipinski definition) is 6. The van der Waals surface area contributed by atoms with Crippen LogP contribution >= 0.6 is 0 Å². The Morgan fingerprint density at radius 2 is 1.75 bits per heavy atom. The van der Waals surface area contributed by atoms with Gasteiger partial charge in [0.25, 0.3) is 0 Å². The molecule has 7 heteroatoms. The second-order valence-electron chi connectivity index (χ2n) is 10.5. The molecule has 5 rings (SSSR count). The molecule has 2 aliphatic heterocycles. The molecule has 1 aromatic carbocycles. The molecule has 3 aliphatic rings. The van der Waals surface area contributed by atoms with Gasteiger partial charge in [0.1, 0.15) is 0 Å². The van der Waals surface area contributed by atoms with Gasteiger partial charge in [-0.05, 0) is 43.1 Å². The standard InChI is InChI=1S/C25H38N6O/c32-25(15-24-26-28-29-27-24)11-13-30(14-12-25)17-22-18-31(16-20-7-3-1-4-8-20)19-23(22)21-9-5-2-6-10-21/h2,5-6,9-10,20,22-23,32H,1,3-4,7-8,11-19H2,(H,26,27,28,29)/t22-,23+/m0/s1. The number of benzene rings is 1. The summed E-state index contributed by atoms with van der Waals surface area (Å²) in [6, 6.07) is 11.1. The molecule has 32 heavy (non-hydrogen) atoms. The van der Waals surface area contributed by atoms with E-state index in [1.165, 1.54) is 57.3 Å². The number of aromatic amines is 1. The van der Waals surface area contributed by atoms with E-state index in [0.29, 0.717) is 24.1 Å². The minimum Gasteiger partial charge on any atom is -0.389 e. The van der Waals surface area contributed by atoms with Crippen molar-refractivity contribution in [3.8, 4) is 0 Å². The van der Waals surface area contributed by atoms with Crippen LogP contribution in [-0.2, 0) is 6.42 Å². The number of H-pyrrole nitrogens is 1. The normalized spacial score (nSPS) is 27.7. The minimum atomic E-state index is -0.706. The maximum atomic E-state index is 11.0. The van der Waals surface area contributed by atoms with Gasteiger partial charge in [-0.25, -0.2) is 0 Å². The Morgan fingerprint density at radius 3 is 2.47 bits per heavy atom. The highest BCUT2D eigenvalue weighted by Gasteiger charge is 2.38. The summed E-state index contributed by atoms with van der Waals surface area (Å²) in [5, 5.41) is 25.2. The van der Waals surface area contributed by atoms with Gasteiger partial charge in [0.2, 0.25) is 0 Å². The molecular weight excluding hydrogens is 400 g/mol. The molecule has 7 nitrogen and oxygen atoms in total. The second kappa shape index (κ2) is 9.98. The first-order chi connectivity index (χ1) is 15.7. The average Bonchev–Trinajstić information content (AvgIpc) is 3.46. The van der Waals surface area contributed by atoms with Crippen LogP contribution in [0.25, 0.3) is 0 Å². The molecular formula is C25H38N6O. The lowest BCUT2D eigenvalue weighted by Gasteiger charge is -2.39. The van der Waals surface area contributed by atoms with E-state index in [-0.39, 0.29) is 0 Å². The average molecular weight is 439 g/mol. The Balaban J connectivity index is 1.20.